The number of anilines is 1. The summed E-state index contributed by atoms with van der Waals surface area (Å²) in [7, 11) is -3.13. The molecule has 2 saturated carbocycles. The molecule has 0 spiro atoms. The van der Waals surface area contributed by atoms with Crippen LogP contribution in [0.25, 0.3) is 0 Å². The van der Waals surface area contributed by atoms with E-state index in [1.54, 1.807) is 6.92 Å². The number of hydrogen-bond acceptors (Lipinski definition) is 6. The van der Waals surface area contributed by atoms with E-state index in [-0.39, 0.29) is 23.6 Å². The smallest absolute Gasteiger partial charge is 0.321 e. The van der Waals surface area contributed by atoms with Gasteiger partial charge in [0.1, 0.15) is 0 Å². The lowest BCUT2D eigenvalue weighted by molar-refractivity contribution is 0.156. The molecule has 3 rings (SSSR count). The quantitative estimate of drug-likeness (QED) is 0.762. The Balaban J connectivity index is 1.46. The van der Waals surface area contributed by atoms with E-state index in [1.165, 1.54) is 0 Å². The zero-order chi connectivity index (χ0) is 17.9. The number of rotatable bonds is 7. The standard InChI is InChI=1S/C16H27FN4O3S/c1-2-25(22,23)18-11-12-5-7-13(8-6-12)19-15-20-14(21-24-15)16(17)9-3-4-10-16/h12-13,18H,2-11H2,1H3,(H,19,20,21)/t12-,13-. The maximum atomic E-state index is 14.6. The number of sulfonamides is 1. The van der Waals surface area contributed by atoms with Crippen LogP contribution in [0.1, 0.15) is 64.1 Å². The Bertz CT molecular complexity index is 665. The van der Waals surface area contributed by atoms with E-state index in [4.69, 9.17) is 4.52 Å². The molecule has 142 valence electrons. The predicted octanol–water partition coefficient (Wildman–Crippen LogP) is 2.72. The first kappa shape index (κ1) is 18.6. The van der Waals surface area contributed by atoms with E-state index in [1.807, 2.05) is 0 Å². The van der Waals surface area contributed by atoms with Gasteiger partial charge in [-0.15, -0.1) is 0 Å². The Morgan fingerprint density at radius 1 is 1.24 bits per heavy atom. The molecule has 2 fully saturated rings. The molecule has 7 nitrogen and oxygen atoms in total. The van der Waals surface area contributed by atoms with Crippen molar-refractivity contribution in [2.24, 2.45) is 5.92 Å². The molecule has 2 N–H and O–H groups in total. The van der Waals surface area contributed by atoms with Gasteiger partial charge in [-0.1, -0.05) is 5.16 Å². The van der Waals surface area contributed by atoms with Crippen molar-refractivity contribution in [3.8, 4) is 0 Å². The molecule has 9 heteroatoms. The van der Waals surface area contributed by atoms with Crippen LogP contribution in [0.3, 0.4) is 0 Å². The number of halogens is 1. The molecule has 0 bridgehead atoms. The van der Waals surface area contributed by atoms with Gasteiger partial charge in [0.25, 0.3) is 0 Å². The fraction of sp³-hybridized carbons (Fsp3) is 0.875. The molecule has 1 heterocycles. The van der Waals surface area contributed by atoms with Crippen molar-refractivity contribution in [1.82, 2.24) is 14.9 Å². The fourth-order valence-electron chi connectivity index (χ4n) is 3.66. The Labute approximate surface area is 148 Å². The van der Waals surface area contributed by atoms with Crippen molar-refractivity contribution in [2.75, 3.05) is 17.6 Å². The van der Waals surface area contributed by atoms with Crippen LogP contribution in [0.4, 0.5) is 10.4 Å². The number of alkyl halides is 1. The Kier molecular flexibility index (Phi) is 5.62. The van der Waals surface area contributed by atoms with Gasteiger partial charge in [0, 0.05) is 12.6 Å². The minimum absolute atomic E-state index is 0.111. The van der Waals surface area contributed by atoms with Crippen LogP contribution in [0.15, 0.2) is 4.52 Å². The molecule has 2 aliphatic rings. The third-order valence-corrected chi connectivity index (χ3v) is 6.74. The van der Waals surface area contributed by atoms with Gasteiger partial charge in [0.2, 0.25) is 15.8 Å². The van der Waals surface area contributed by atoms with Gasteiger partial charge in [-0.05, 0) is 64.2 Å². The minimum Gasteiger partial charge on any atom is -0.335 e. The van der Waals surface area contributed by atoms with E-state index in [9.17, 15) is 12.8 Å². The van der Waals surface area contributed by atoms with Gasteiger partial charge in [-0.25, -0.2) is 17.5 Å². The summed E-state index contributed by atoms with van der Waals surface area (Å²) in [4.78, 5) is 4.20. The summed E-state index contributed by atoms with van der Waals surface area (Å²) < 4.78 is 45.5. The number of aromatic nitrogens is 2. The molecule has 1 aromatic heterocycles. The van der Waals surface area contributed by atoms with Gasteiger partial charge in [-0.2, -0.15) is 4.98 Å². The van der Waals surface area contributed by atoms with Crippen LogP contribution in [-0.4, -0.2) is 36.9 Å². The van der Waals surface area contributed by atoms with E-state index < -0.39 is 15.7 Å². The number of hydrogen-bond donors (Lipinski definition) is 2. The summed E-state index contributed by atoms with van der Waals surface area (Å²) in [5.41, 5.74) is -1.43. The largest absolute Gasteiger partial charge is 0.335 e. The predicted molar refractivity (Wildman–Crippen MR) is 92.4 cm³/mol. The van der Waals surface area contributed by atoms with E-state index in [0.29, 0.717) is 25.3 Å². The molecule has 2 aliphatic carbocycles. The second kappa shape index (κ2) is 7.57. The van der Waals surface area contributed by atoms with E-state index >= 15 is 0 Å². The van der Waals surface area contributed by atoms with Crippen LogP contribution in [0.2, 0.25) is 0 Å². The summed E-state index contributed by atoms with van der Waals surface area (Å²) in [5.74, 6) is 0.625. The lowest BCUT2D eigenvalue weighted by atomic mass is 9.86. The van der Waals surface area contributed by atoms with Crippen LogP contribution in [0, 0.1) is 5.92 Å². The van der Waals surface area contributed by atoms with E-state index in [0.717, 1.165) is 38.5 Å². The molecule has 0 amide bonds. The third-order valence-electron chi connectivity index (χ3n) is 5.37. The Hall–Kier alpha value is -1.22. The molecule has 0 unspecified atom stereocenters. The molecular weight excluding hydrogens is 347 g/mol. The van der Waals surface area contributed by atoms with Crippen molar-refractivity contribution in [3.05, 3.63) is 5.82 Å². The highest BCUT2D eigenvalue weighted by atomic mass is 32.2. The van der Waals surface area contributed by atoms with Crippen molar-refractivity contribution in [3.63, 3.8) is 0 Å². The average molecular weight is 374 g/mol. The van der Waals surface area contributed by atoms with Gasteiger partial charge in [-0.3, -0.25) is 0 Å². The van der Waals surface area contributed by atoms with Crippen LogP contribution in [0.5, 0.6) is 0 Å². The SMILES string of the molecule is CCS(=O)(=O)NC[C@H]1CC[C@H](Nc2nc(C3(F)CCCC3)no2)CC1. The average Bonchev–Trinajstić information content (AvgIpc) is 3.25. The molecule has 1 aromatic rings. The highest BCUT2D eigenvalue weighted by molar-refractivity contribution is 7.89. The maximum Gasteiger partial charge on any atom is 0.321 e. The zero-order valence-electron chi connectivity index (χ0n) is 14.6. The van der Waals surface area contributed by atoms with Crippen LogP contribution < -0.4 is 10.0 Å². The van der Waals surface area contributed by atoms with Crippen molar-refractivity contribution >= 4 is 16.0 Å². The summed E-state index contributed by atoms with van der Waals surface area (Å²) in [6, 6.07) is 0.487. The highest BCUT2D eigenvalue weighted by Crippen LogP contribution is 2.41. The van der Waals surface area contributed by atoms with Crippen molar-refractivity contribution in [1.29, 1.82) is 0 Å². The van der Waals surface area contributed by atoms with Gasteiger partial charge >= 0.3 is 6.01 Å². The molecule has 0 aromatic carbocycles. The minimum atomic E-state index is -3.13. The summed E-state index contributed by atoms with van der Waals surface area (Å²) in [5, 5.41) is 7.02. The Morgan fingerprint density at radius 3 is 2.56 bits per heavy atom. The highest BCUT2D eigenvalue weighted by Gasteiger charge is 2.40. The van der Waals surface area contributed by atoms with Gasteiger partial charge in [0.05, 0.1) is 5.75 Å². The van der Waals surface area contributed by atoms with Gasteiger partial charge < -0.3 is 9.84 Å². The summed E-state index contributed by atoms with van der Waals surface area (Å²) in [6.07, 6.45) is 6.30. The second-order valence-corrected chi connectivity index (χ2v) is 9.30. The monoisotopic (exact) mass is 374 g/mol. The molecule has 0 atom stereocenters. The molecule has 0 saturated heterocycles. The Morgan fingerprint density at radius 2 is 1.92 bits per heavy atom. The fourth-order valence-corrected chi connectivity index (χ4v) is 4.35. The van der Waals surface area contributed by atoms with Crippen molar-refractivity contribution in [2.45, 2.75) is 70.0 Å². The van der Waals surface area contributed by atoms with Gasteiger partial charge in [0.15, 0.2) is 5.67 Å². The summed E-state index contributed by atoms with van der Waals surface area (Å²) >= 11 is 0. The number of nitrogens with one attached hydrogen (secondary N) is 2. The second-order valence-electron chi connectivity index (χ2n) is 7.21. The van der Waals surface area contributed by atoms with E-state index in [2.05, 4.69) is 20.2 Å². The van der Waals surface area contributed by atoms with Crippen LogP contribution in [-0.2, 0) is 15.7 Å². The van der Waals surface area contributed by atoms with Crippen molar-refractivity contribution < 1.29 is 17.3 Å². The lowest BCUT2D eigenvalue weighted by Crippen LogP contribution is -2.34. The molecular formula is C16H27FN4O3S. The topological polar surface area (TPSA) is 97.1 Å². The normalized spacial score (nSPS) is 26.6. The maximum absolute atomic E-state index is 14.6. The molecule has 0 aliphatic heterocycles. The first-order valence-corrected chi connectivity index (χ1v) is 10.8. The van der Waals surface area contributed by atoms with Crippen LogP contribution >= 0.6 is 0 Å². The molecule has 25 heavy (non-hydrogen) atoms. The first-order valence-electron chi connectivity index (χ1n) is 9.17. The lowest BCUT2D eigenvalue weighted by Gasteiger charge is -2.28. The molecule has 0 radical (unpaired) electrons. The first-order chi connectivity index (χ1) is 11.9. The summed E-state index contributed by atoms with van der Waals surface area (Å²) in [6.45, 7) is 2.13. The third kappa shape index (κ3) is 4.69. The zero-order valence-corrected chi connectivity index (χ0v) is 15.4. The number of nitrogens with zero attached hydrogens (tertiary/aromatic N) is 2.